The maximum Gasteiger partial charge on any atom is 0.125 e. The number of nitrogens with one attached hydrogen (secondary N) is 1. The Morgan fingerprint density at radius 1 is 1.38 bits per heavy atom. The third-order valence-electron chi connectivity index (χ3n) is 3.59. The molecule has 0 aliphatic heterocycles. The van der Waals surface area contributed by atoms with Gasteiger partial charge in [-0.3, -0.25) is 4.68 Å². The number of halogens is 1. The van der Waals surface area contributed by atoms with E-state index in [1.165, 1.54) is 0 Å². The van der Waals surface area contributed by atoms with E-state index < -0.39 is 0 Å². The molecule has 0 fully saturated rings. The van der Waals surface area contributed by atoms with Gasteiger partial charge in [0.1, 0.15) is 5.82 Å². The Morgan fingerprint density at radius 2 is 2.14 bits per heavy atom. The highest BCUT2D eigenvalue weighted by molar-refractivity contribution is 6.31. The largest absolute Gasteiger partial charge is 0.311 e. The van der Waals surface area contributed by atoms with Crippen molar-refractivity contribution in [1.29, 1.82) is 0 Å². The van der Waals surface area contributed by atoms with Crippen LogP contribution in [0.4, 0.5) is 0 Å². The summed E-state index contributed by atoms with van der Waals surface area (Å²) in [5, 5.41) is 8.66. The van der Waals surface area contributed by atoms with Gasteiger partial charge >= 0.3 is 0 Å². The molecule has 0 spiro atoms. The molecule has 0 aliphatic carbocycles. The molecule has 1 atom stereocenters. The zero-order valence-corrected chi connectivity index (χ0v) is 13.8. The summed E-state index contributed by atoms with van der Waals surface area (Å²) in [7, 11) is 1.93. The van der Waals surface area contributed by atoms with Crippen LogP contribution in [0.25, 0.3) is 0 Å². The Bertz CT molecular complexity index is 608. The van der Waals surface area contributed by atoms with Crippen molar-refractivity contribution >= 4 is 11.6 Å². The van der Waals surface area contributed by atoms with E-state index in [9.17, 15) is 0 Å². The molecule has 2 aromatic rings. The summed E-state index contributed by atoms with van der Waals surface area (Å²) in [4.78, 5) is 8.66. The summed E-state index contributed by atoms with van der Waals surface area (Å²) in [5.41, 5.74) is 3.00. The Kier molecular flexibility index (Phi) is 5.31. The summed E-state index contributed by atoms with van der Waals surface area (Å²) in [5.74, 6) is 0.775. The van der Waals surface area contributed by atoms with Gasteiger partial charge in [-0.25, -0.2) is 9.97 Å². The van der Waals surface area contributed by atoms with Crippen LogP contribution in [0.1, 0.15) is 42.8 Å². The molecule has 6 heteroatoms. The number of hydrogen-bond acceptors (Lipinski definition) is 4. The van der Waals surface area contributed by atoms with Crippen molar-refractivity contribution < 1.29 is 0 Å². The number of nitrogens with zero attached hydrogens (tertiary/aromatic N) is 4. The molecular formula is C15H22ClN5. The maximum atomic E-state index is 6.48. The van der Waals surface area contributed by atoms with Crippen LogP contribution in [0.2, 0.25) is 5.02 Å². The van der Waals surface area contributed by atoms with Gasteiger partial charge in [0, 0.05) is 19.2 Å². The lowest BCUT2D eigenvalue weighted by molar-refractivity contribution is 0.529. The summed E-state index contributed by atoms with van der Waals surface area (Å²) < 4.78 is 1.99. The molecule has 1 unspecified atom stereocenters. The van der Waals surface area contributed by atoms with E-state index in [1.54, 1.807) is 6.20 Å². The standard InChI is InChI=1S/C15H22ClN5/c1-5-11-15(16)14(21(6-2)20-11)9-13(17-4)12-7-8-18-10(3)19-12/h7-8,13,17H,5-6,9H2,1-4H3. The quantitative estimate of drug-likeness (QED) is 0.891. The highest BCUT2D eigenvalue weighted by Gasteiger charge is 2.20. The van der Waals surface area contributed by atoms with Crippen LogP contribution in [0.15, 0.2) is 12.3 Å². The average molecular weight is 308 g/mol. The molecule has 5 nitrogen and oxygen atoms in total. The fraction of sp³-hybridized carbons (Fsp3) is 0.533. The zero-order valence-electron chi connectivity index (χ0n) is 13.0. The van der Waals surface area contributed by atoms with Gasteiger partial charge in [-0.1, -0.05) is 18.5 Å². The molecule has 1 N–H and O–H groups in total. The van der Waals surface area contributed by atoms with Gasteiger partial charge in [0.15, 0.2) is 0 Å². The number of rotatable bonds is 6. The van der Waals surface area contributed by atoms with Crippen molar-refractivity contribution in [3.63, 3.8) is 0 Å². The van der Waals surface area contributed by atoms with Crippen LogP contribution >= 0.6 is 11.6 Å². The van der Waals surface area contributed by atoms with E-state index in [0.717, 1.165) is 47.3 Å². The van der Waals surface area contributed by atoms with Gasteiger partial charge in [0.05, 0.1) is 28.1 Å². The second-order valence-corrected chi connectivity index (χ2v) is 5.33. The normalized spacial score (nSPS) is 12.6. The fourth-order valence-corrected chi connectivity index (χ4v) is 2.77. The Hall–Kier alpha value is -1.46. The first-order chi connectivity index (χ1) is 10.1. The molecule has 114 valence electrons. The smallest absolute Gasteiger partial charge is 0.125 e. The lowest BCUT2D eigenvalue weighted by Crippen LogP contribution is -2.22. The molecule has 0 saturated carbocycles. The fourth-order valence-electron chi connectivity index (χ4n) is 2.43. The number of hydrogen-bond donors (Lipinski definition) is 1. The van der Waals surface area contributed by atoms with E-state index in [1.807, 2.05) is 24.7 Å². The lowest BCUT2D eigenvalue weighted by Gasteiger charge is -2.17. The summed E-state index contributed by atoms with van der Waals surface area (Å²) >= 11 is 6.48. The van der Waals surface area contributed by atoms with Crippen LogP contribution in [0, 0.1) is 6.92 Å². The molecule has 0 aliphatic rings. The highest BCUT2D eigenvalue weighted by Crippen LogP contribution is 2.26. The van der Waals surface area contributed by atoms with Crippen molar-refractivity contribution in [2.24, 2.45) is 0 Å². The molecule has 0 radical (unpaired) electrons. The van der Waals surface area contributed by atoms with Crippen molar-refractivity contribution in [2.45, 2.75) is 46.2 Å². The van der Waals surface area contributed by atoms with E-state index >= 15 is 0 Å². The molecule has 0 amide bonds. The van der Waals surface area contributed by atoms with Crippen molar-refractivity contribution in [3.8, 4) is 0 Å². The van der Waals surface area contributed by atoms with Crippen molar-refractivity contribution in [1.82, 2.24) is 25.1 Å². The average Bonchev–Trinajstić information content (AvgIpc) is 2.80. The Labute approximate surface area is 130 Å². The van der Waals surface area contributed by atoms with Gasteiger partial charge in [-0.05, 0) is 33.4 Å². The summed E-state index contributed by atoms with van der Waals surface area (Å²) in [6.45, 7) is 6.86. The van der Waals surface area contributed by atoms with E-state index in [2.05, 4.69) is 34.2 Å². The first-order valence-corrected chi connectivity index (χ1v) is 7.69. The predicted octanol–water partition coefficient (Wildman–Crippen LogP) is 2.72. The van der Waals surface area contributed by atoms with Crippen LogP contribution in [0.3, 0.4) is 0 Å². The molecule has 2 aromatic heterocycles. The first-order valence-electron chi connectivity index (χ1n) is 7.31. The topological polar surface area (TPSA) is 55.6 Å². The van der Waals surface area contributed by atoms with Crippen LogP contribution < -0.4 is 5.32 Å². The minimum Gasteiger partial charge on any atom is -0.311 e. The first kappa shape index (κ1) is 15.9. The number of likely N-dealkylation sites (N-methyl/N-ethyl adjacent to an activating group) is 1. The molecule has 2 heterocycles. The third-order valence-corrected chi connectivity index (χ3v) is 4.03. The molecular weight excluding hydrogens is 286 g/mol. The van der Waals surface area contributed by atoms with Gasteiger partial charge in [0.2, 0.25) is 0 Å². The Balaban J connectivity index is 2.32. The van der Waals surface area contributed by atoms with E-state index in [0.29, 0.717) is 0 Å². The molecule has 0 bridgehead atoms. The second kappa shape index (κ2) is 7.00. The predicted molar refractivity (Wildman–Crippen MR) is 84.6 cm³/mol. The van der Waals surface area contributed by atoms with Gasteiger partial charge < -0.3 is 5.32 Å². The van der Waals surface area contributed by atoms with Crippen LogP contribution in [-0.2, 0) is 19.4 Å². The van der Waals surface area contributed by atoms with Crippen LogP contribution in [-0.4, -0.2) is 26.8 Å². The minimum atomic E-state index is 0.0934. The zero-order chi connectivity index (χ0) is 15.4. The molecule has 0 saturated heterocycles. The van der Waals surface area contributed by atoms with Crippen molar-refractivity contribution in [3.05, 3.63) is 40.2 Å². The number of aromatic nitrogens is 4. The molecule has 21 heavy (non-hydrogen) atoms. The SMILES string of the molecule is CCc1nn(CC)c(CC(NC)c2ccnc(C)n2)c1Cl. The Morgan fingerprint density at radius 3 is 2.71 bits per heavy atom. The monoisotopic (exact) mass is 307 g/mol. The van der Waals surface area contributed by atoms with Crippen molar-refractivity contribution in [2.75, 3.05) is 7.05 Å². The van der Waals surface area contributed by atoms with E-state index in [4.69, 9.17) is 11.6 Å². The number of aryl methyl sites for hydroxylation is 3. The van der Waals surface area contributed by atoms with Gasteiger partial charge in [-0.15, -0.1) is 0 Å². The molecule has 2 rings (SSSR count). The minimum absolute atomic E-state index is 0.0934. The lowest BCUT2D eigenvalue weighted by atomic mass is 10.1. The summed E-state index contributed by atoms with van der Waals surface area (Å²) in [6.07, 6.45) is 3.39. The third kappa shape index (κ3) is 3.41. The molecule has 0 aromatic carbocycles. The van der Waals surface area contributed by atoms with Gasteiger partial charge in [0.25, 0.3) is 0 Å². The second-order valence-electron chi connectivity index (χ2n) is 4.95. The van der Waals surface area contributed by atoms with Crippen LogP contribution in [0.5, 0.6) is 0 Å². The van der Waals surface area contributed by atoms with E-state index in [-0.39, 0.29) is 6.04 Å². The summed E-state index contributed by atoms with van der Waals surface area (Å²) in [6, 6.07) is 2.03. The van der Waals surface area contributed by atoms with Gasteiger partial charge in [-0.2, -0.15) is 5.10 Å². The maximum absolute atomic E-state index is 6.48. The highest BCUT2D eigenvalue weighted by atomic mass is 35.5.